The third-order valence-corrected chi connectivity index (χ3v) is 5.92. The molecule has 0 atom stereocenters. The molecule has 2 saturated heterocycles. The van der Waals surface area contributed by atoms with E-state index in [1.165, 1.54) is 25.3 Å². The van der Waals surface area contributed by atoms with Crippen molar-refractivity contribution in [3.63, 3.8) is 0 Å². The maximum Gasteiger partial charge on any atom is 0.223 e. The lowest BCUT2D eigenvalue weighted by atomic mass is 9.96. The molecule has 1 aromatic carbocycles. The predicted molar refractivity (Wildman–Crippen MR) is 111 cm³/mol. The van der Waals surface area contributed by atoms with E-state index in [-0.39, 0.29) is 24.2 Å². The first-order valence-corrected chi connectivity index (χ1v) is 10.6. The van der Waals surface area contributed by atoms with Gasteiger partial charge in [-0.05, 0) is 50.3 Å². The summed E-state index contributed by atoms with van der Waals surface area (Å²) in [4.78, 5) is 16.9. The van der Waals surface area contributed by atoms with Gasteiger partial charge in [-0.15, -0.1) is 10.2 Å². The first-order valence-electron chi connectivity index (χ1n) is 10.6. The van der Waals surface area contributed by atoms with Gasteiger partial charge in [-0.3, -0.25) is 4.79 Å². The highest BCUT2D eigenvalue weighted by molar-refractivity contribution is 5.79. The molecule has 0 unspecified atom stereocenters. The molecule has 2 aromatic rings. The second-order valence-corrected chi connectivity index (χ2v) is 7.87. The van der Waals surface area contributed by atoms with Crippen LogP contribution in [0.3, 0.4) is 0 Å². The molecule has 1 aromatic heterocycles. The Bertz CT molecular complexity index is 814. The number of amides is 1. The van der Waals surface area contributed by atoms with E-state index in [9.17, 15) is 9.18 Å². The van der Waals surface area contributed by atoms with Gasteiger partial charge >= 0.3 is 0 Å². The summed E-state index contributed by atoms with van der Waals surface area (Å²) in [7, 11) is 0. The molecular weight excluding hydrogens is 369 g/mol. The van der Waals surface area contributed by atoms with Crippen LogP contribution in [-0.4, -0.2) is 42.3 Å². The normalized spacial score (nSPS) is 18.0. The number of nitrogens with zero attached hydrogens (tertiary/aromatic N) is 4. The molecule has 2 fully saturated rings. The van der Waals surface area contributed by atoms with Crippen LogP contribution in [0.15, 0.2) is 36.4 Å². The third kappa shape index (κ3) is 4.83. The summed E-state index contributed by atoms with van der Waals surface area (Å²) >= 11 is 0. The Kier molecular flexibility index (Phi) is 6.22. The molecule has 0 saturated carbocycles. The van der Waals surface area contributed by atoms with Gasteiger partial charge in [0.15, 0.2) is 11.6 Å². The van der Waals surface area contributed by atoms with Crippen LogP contribution in [0.2, 0.25) is 0 Å². The van der Waals surface area contributed by atoms with Crippen molar-refractivity contribution in [2.75, 3.05) is 36.0 Å². The molecule has 0 aliphatic carbocycles. The van der Waals surface area contributed by atoms with Crippen molar-refractivity contribution < 1.29 is 9.18 Å². The van der Waals surface area contributed by atoms with E-state index in [4.69, 9.17) is 0 Å². The fourth-order valence-corrected chi connectivity index (χ4v) is 4.12. The van der Waals surface area contributed by atoms with Crippen molar-refractivity contribution in [2.45, 2.75) is 38.6 Å². The smallest absolute Gasteiger partial charge is 0.223 e. The number of hydrogen-bond donors (Lipinski definition) is 1. The Hall–Kier alpha value is -2.70. The number of nitrogens with one attached hydrogen (secondary N) is 1. The summed E-state index contributed by atoms with van der Waals surface area (Å²) in [6.45, 7) is 3.89. The number of carbonyl (C=O) groups is 1. The summed E-state index contributed by atoms with van der Waals surface area (Å²) in [5.74, 6) is 1.50. The zero-order valence-corrected chi connectivity index (χ0v) is 16.7. The number of benzene rings is 1. The lowest BCUT2D eigenvalue weighted by Crippen LogP contribution is -2.41. The zero-order valence-electron chi connectivity index (χ0n) is 16.7. The molecule has 0 radical (unpaired) electrons. The van der Waals surface area contributed by atoms with E-state index in [1.54, 1.807) is 18.2 Å². The molecule has 7 heteroatoms. The highest BCUT2D eigenvalue weighted by Gasteiger charge is 2.26. The molecule has 3 heterocycles. The summed E-state index contributed by atoms with van der Waals surface area (Å²) in [6, 6.07) is 10.6. The second kappa shape index (κ2) is 9.20. The Morgan fingerprint density at radius 2 is 1.55 bits per heavy atom. The van der Waals surface area contributed by atoms with Crippen LogP contribution >= 0.6 is 0 Å². The first kappa shape index (κ1) is 19.6. The lowest BCUT2D eigenvalue weighted by Gasteiger charge is -2.32. The molecule has 0 bridgehead atoms. The van der Waals surface area contributed by atoms with Crippen molar-refractivity contribution in [1.29, 1.82) is 0 Å². The summed E-state index contributed by atoms with van der Waals surface area (Å²) < 4.78 is 13.7. The van der Waals surface area contributed by atoms with E-state index < -0.39 is 0 Å². The number of carbonyl (C=O) groups excluding carboxylic acids is 1. The standard InChI is InChI=1S/C22H28FN5O/c23-19-7-3-2-6-18(19)16-24-22(29)17-10-14-28(15-11-17)21-9-8-20(25-26-21)27-12-4-1-5-13-27/h2-3,6-9,17H,1,4-5,10-16H2,(H,24,29). The van der Waals surface area contributed by atoms with Crippen LogP contribution in [0.5, 0.6) is 0 Å². The predicted octanol–water partition coefficient (Wildman–Crippen LogP) is 3.14. The minimum atomic E-state index is -0.283. The topological polar surface area (TPSA) is 61.4 Å². The Labute approximate surface area is 171 Å². The van der Waals surface area contributed by atoms with Crippen molar-refractivity contribution in [2.24, 2.45) is 5.92 Å². The highest BCUT2D eigenvalue weighted by Crippen LogP contribution is 2.24. The van der Waals surface area contributed by atoms with E-state index in [0.29, 0.717) is 5.56 Å². The van der Waals surface area contributed by atoms with Crippen LogP contribution in [0.1, 0.15) is 37.7 Å². The van der Waals surface area contributed by atoms with Crippen molar-refractivity contribution >= 4 is 17.5 Å². The van der Waals surface area contributed by atoms with Gasteiger partial charge in [-0.1, -0.05) is 18.2 Å². The number of piperidine rings is 2. The highest BCUT2D eigenvalue weighted by atomic mass is 19.1. The summed E-state index contributed by atoms with van der Waals surface area (Å²) in [6.07, 6.45) is 5.26. The van der Waals surface area contributed by atoms with Crippen LogP contribution in [-0.2, 0) is 11.3 Å². The number of anilines is 2. The summed E-state index contributed by atoms with van der Waals surface area (Å²) in [5, 5.41) is 11.7. The van der Waals surface area contributed by atoms with Crippen LogP contribution in [0.4, 0.5) is 16.0 Å². The van der Waals surface area contributed by atoms with Gasteiger partial charge in [0, 0.05) is 44.2 Å². The number of halogens is 1. The molecule has 1 N–H and O–H groups in total. The van der Waals surface area contributed by atoms with Gasteiger partial charge in [0.1, 0.15) is 5.82 Å². The Balaban J connectivity index is 1.26. The van der Waals surface area contributed by atoms with Gasteiger partial charge in [-0.25, -0.2) is 4.39 Å². The molecule has 2 aliphatic rings. The third-order valence-electron chi connectivity index (χ3n) is 5.92. The minimum absolute atomic E-state index is 0.000524. The van der Waals surface area contributed by atoms with Gasteiger partial charge in [0.2, 0.25) is 5.91 Å². The largest absolute Gasteiger partial charge is 0.355 e. The molecule has 154 valence electrons. The number of rotatable bonds is 5. The average Bonchev–Trinajstić information content (AvgIpc) is 2.79. The molecular formula is C22H28FN5O. The van der Waals surface area contributed by atoms with Gasteiger partial charge in [0.05, 0.1) is 0 Å². The number of aromatic nitrogens is 2. The monoisotopic (exact) mass is 397 g/mol. The fraction of sp³-hybridized carbons (Fsp3) is 0.500. The van der Waals surface area contributed by atoms with Crippen LogP contribution in [0.25, 0.3) is 0 Å². The van der Waals surface area contributed by atoms with Crippen molar-refractivity contribution in [3.8, 4) is 0 Å². The van der Waals surface area contributed by atoms with Crippen LogP contribution < -0.4 is 15.1 Å². The van der Waals surface area contributed by atoms with Gasteiger partial charge in [-0.2, -0.15) is 0 Å². The van der Waals surface area contributed by atoms with Gasteiger partial charge < -0.3 is 15.1 Å². The molecule has 6 nitrogen and oxygen atoms in total. The van der Waals surface area contributed by atoms with E-state index in [1.807, 2.05) is 6.07 Å². The Morgan fingerprint density at radius 3 is 2.17 bits per heavy atom. The lowest BCUT2D eigenvalue weighted by molar-refractivity contribution is -0.125. The van der Waals surface area contributed by atoms with E-state index in [2.05, 4.69) is 31.4 Å². The van der Waals surface area contributed by atoms with Crippen LogP contribution in [0, 0.1) is 11.7 Å². The quantitative estimate of drug-likeness (QED) is 0.840. The second-order valence-electron chi connectivity index (χ2n) is 7.87. The average molecular weight is 397 g/mol. The molecule has 29 heavy (non-hydrogen) atoms. The number of hydrogen-bond acceptors (Lipinski definition) is 5. The van der Waals surface area contributed by atoms with Crippen molar-refractivity contribution in [1.82, 2.24) is 15.5 Å². The molecule has 4 rings (SSSR count). The maximum atomic E-state index is 13.7. The molecule has 1 amide bonds. The SMILES string of the molecule is O=C(NCc1ccccc1F)C1CCN(c2ccc(N3CCCCC3)nn2)CC1. The summed E-state index contributed by atoms with van der Waals surface area (Å²) in [5.41, 5.74) is 0.516. The Morgan fingerprint density at radius 1 is 0.931 bits per heavy atom. The molecule has 0 spiro atoms. The maximum absolute atomic E-state index is 13.7. The zero-order chi connectivity index (χ0) is 20.1. The first-order chi connectivity index (χ1) is 14.2. The minimum Gasteiger partial charge on any atom is -0.355 e. The van der Waals surface area contributed by atoms with E-state index in [0.717, 1.165) is 50.7 Å². The van der Waals surface area contributed by atoms with Gasteiger partial charge in [0.25, 0.3) is 0 Å². The molecule has 2 aliphatic heterocycles. The van der Waals surface area contributed by atoms with Crippen molar-refractivity contribution in [3.05, 3.63) is 47.8 Å². The fourth-order valence-electron chi connectivity index (χ4n) is 4.12. The van der Waals surface area contributed by atoms with E-state index >= 15 is 0 Å².